The Hall–Kier alpha value is -2.17. The van der Waals surface area contributed by atoms with Gasteiger partial charge in [0.1, 0.15) is 5.41 Å². The van der Waals surface area contributed by atoms with Crippen LogP contribution in [-0.4, -0.2) is 17.8 Å². The van der Waals surface area contributed by atoms with E-state index in [4.69, 9.17) is 0 Å². The fraction of sp³-hybridized carbons (Fsp3) is 0.400. The van der Waals surface area contributed by atoms with E-state index in [0.29, 0.717) is 18.5 Å². The van der Waals surface area contributed by atoms with Gasteiger partial charge in [0, 0.05) is 0 Å². The van der Waals surface area contributed by atoms with Crippen LogP contribution in [0.2, 0.25) is 0 Å². The van der Waals surface area contributed by atoms with Crippen LogP contribution in [0.5, 0.6) is 0 Å². The van der Waals surface area contributed by atoms with Gasteiger partial charge in [0.2, 0.25) is 5.91 Å². The van der Waals surface area contributed by atoms with Gasteiger partial charge in [-0.25, -0.2) is 9.69 Å². The third-order valence-corrected chi connectivity index (χ3v) is 4.14. The zero-order chi connectivity index (χ0) is 14.5. The van der Waals surface area contributed by atoms with Crippen LogP contribution in [0.25, 0.3) is 0 Å². The van der Waals surface area contributed by atoms with Crippen molar-refractivity contribution in [1.82, 2.24) is 5.32 Å². The molecular weight excluding hydrogens is 256 g/mol. The SMILES string of the molecule is Cc1cc(C)cc(N2C(=O)NC(=O)C3(CCC3)C2=O)c1. The number of imide groups is 2. The quantitative estimate of drug-likeness (QED) is 0.796. The maximum Gasteiger partial charge on any atom is 0.335 e. The van der Waals surface area contributed by atoms with Crippen molar-refractivity contribution >= 4 is 23.5 Å². The van der Waals surface area contributed by atoms with Crippen molar-refractivity contribution in [2.75, 3.05) is 4.90 Å². The minimum Gasteiger partial charge on any atom is -0.276 e. The Kier molecular flexibility index (Phi) is 2.67. The molecule has 0 radical (unpaired) electrons. The minimum atomic E-state index is -1.02. The summed E-state index contributed by atoms with van der Waals surface area (Å²) < 4.78 is 0. The number of hydrogen-bond donors (Lipinski definition) is 1. The van der Waals surface area contributed by atoms with E-state index in [1.165, 1.54) is 0 Å². The van der Waals surface area contributed by atoms with Gasteiger partial charge in [-0.3, -0.25) is 14.9 Å². The summed E-state index contributed by atoms with van der Waals surface area (Å²) in [5.41, 5.74) is 1.45. The van der Waals surface area contributed by atoms with Crippen molar-refractivity contribution in [3.05, 3.63) is 29.3 Å². The molecule has 2 aliphatic rings. The summed E-state index contributed by atoms with van der Waals surface area (Å²) in [6, 6.07) is 4.89. The number of nitrogens with zero attached hydrogens (tertiary/aromatic N) is 1. The second kappa shape index (κ2) is 4.16. The van der Waals surface area contributed by atoms with Gasteiger partial charge in [0.15, 0.2) is 0 Å². The number of carbonyl (C=O) groups excluding carboxylic acids is 3. The zero-order valence-corrected chi connectivity index (χ0v) is 11.5. The van der Waals surface area contributed by atoms with Crippen LogP contribution in [0.15, 0.2) is 18.2 Å². The van der Waals surface area contributed by atoms with E-state index in [-0.39, 0.29) is 5.91 Å². The van der Waals surface area contributed by atoms with Crippen LogP contribution < -0.4 is 10.2 Å². The lowest BCUT2D eigenvalue weighted by Gasteiger charge is -2.44. The summed E-state index contributed by atoms with van der Waals surface area (Å²) in [6.45, 7) is 3.82. The van der Waals surface area contributed by atoms with E-state index in [0.717, 1.165) is 22.4 Å². The summed E-state index contributed by atoms with van der Waals surface area (Å²) in [5.74, 6) is -0.832. The predicted octanol–water partition coefficient (Wildman–Crippen LogP) is 2.06. The highest BCUT2D eigenvalue weighted by molar-refractivity contribution is 6.30. The monoisotopic (exact) mass is 272 g/mol. The molecule has 4 amide bonds. The molecule has 0 aromatic heterocycles. The van der Waals surface area contributed by atoms with Gasteiger partial charge < -0.3 is 0 Å². The van der Waals surface area contributed by atoms with Gasteiger partial charge in [-0.1, -0.05) is 12.5 Å². The molecule has 2 fully saturated rings. The van der Waals surface area contributed by atoms with Gasteiger partial charge in [-0.2, -0.15) is 0 Å². The molecule has 1 aromatic rings. The first-order valence-corrected chi connectivity index (χ1v) is 6.72. The molecule has 5 nitrogen and oxygen atoms in total. The molecule has 3 rings (SSSR count). The molecule has 1 aliphatic heterocycles. The first-order chi connectivity index (χ1) is 9.44. The van der Waals surface area contributed by atoms with E-state index in [2.05, 4.69) is 5.32 Å². The number of hydrogen-bond acceptors (Lipinski definition) is 3. The number of nitrogens with one attached hydrogen (secondary N) is 1. The second-order valence-corrected chi connectivity index (χ2v) is 5.68. The van der Waals surface area contributed by atoms with Gasteiger partial charge in [-0.15, -0.1) is 0 Å². The molecule has 0 bridgehead atoms. The van der Waals surface area contributed by atoms with Gasteiger partial charge >= 0.3 is 6.03 Å². The first kappa shape index (κ1) is 12.8. The van der Waals surface area contributed by atoms with Crippen molar-refractivity contribution in [3.63, 3.8) is 0 Å². The van der Waals surface area contributed by atoms with Gasteiger partial charge in [0.25, 0.3) is 5.91 Å². The average Bonchev–Trinajstić information content (AvgIpc) is 2.24. The van der Waals surface area contributed by atoms with E-state index in [1.807, 2.05) is 19.9 Å². The molecule has 1 N–H and O–H groups in total. The van der Waals surface area contributed by atoms with E-state index in [9.17, 15) is 14.4 Å². The molecule has 1 saturated carbocycles. The number of amides is 4. The van der Waals surface area contributed by atoms with Crippen molar-refractivity contribution in [2.24, 2.45) is 5.41 Å². The molecule has 1 saturated heterocycles. The average molecular weight is 272 g/mol. The molecular formula is C15H16N2O3. The lowest BCUT2D eigenvalue weighted by Crippen LogP contribution is -2.66. The predicted molar refractivity (Wildman–Crippen MR) is 73.2 cm³/mol. The summed E-state index contributed by atoms with van der Waals surface area (Å²) in [5, 5.41) is 2.32. The third kappa shape index (κ3) is 1.66. The fourth-order valence-electron chi connectivity index (χ4n) is 2.96. The highest BCUT2D eigenvalue weighted by Gasteiger charge is 2.57. The van der Waals surface area contributed by atoms with E-state index in [1.54, 1.807) is 12.1 Å². The van der Waals surface area contributed by atoms with E-state index < -0.39 is 17.4 Å². The van der Waals surface area contributed by atoms with Crippen molar-refractivity contribution < 1.29 is 14.4 Å². The van der Waals surface area contributed by atoms with Crippen LogP contribution in [-0.2, 0) is 9.59 Å². The molecule has 5 heteroatoms. The maximum atomic E-state index is 12.6. The summed E-state index contributed by atoms with van der Waals surface area (Å²) in [4.78, 5) is 37.7. The second-order valence-electron chi connectivity index (χ2n) is 5.68. The number of barbiturate groups is 1. The highest BCUT2D eigenvalue weighted by atomic mass is 16.2. The summed E-state index contributed by atoms with van der Waals surface area (Å²) in [7, 11) is 0. The Morgan fingerprint density at radius 2 is 1.65 bits per heavy atom. The molecule has 0 unspecified atom stereocenters. The van der Waals surface area contributed by atoms with Crippen LogP contribution in [0.1, 0.15) is 30.4 Å². The van der Waals surface area contributed by atoms with Crippen LogP contribution in [0.4, 0.5) is 10.5 Å². The Labute approximate surface area is 116 Å². The standard InChI is InChI=1S/C15H16N2O3/c1-9-6-10(2)8-11(7-9)17-13(19)15(4-3-5-15)12(18)16-14(17)20/h6-8H,3-5H2,1-2H3,(H,16,18,20). The lowest BCUT2D eigenvalue weighted by atomic mass is 9.66. The Balaban J connectivity index is 2.05. The van der Waals surface area contributed by atoms with Crippen LogP contribution in [0, 0.1) is 19.3 Å². The molecule has 20 heavy (non-hydrogen) atoms. The summed E-state index contributed by atoms with van der Waals surface area (Å²) in [6.07, 6.45) is 1.88. The number of aryl methyl sites for hydroxylation is 2. The molecule has 104 valence electrons. The molecule has 1 heterocycles. The van der Waals surface area contributed by atoms with Crippen molar-refractivity contribution in [3.8, 4) is 0 Å². The normalized spacial score (nSPS) is 20.9. The largest absolute Gasteiger partial charge is 0.335 e. The molecule has 1 spiro atoms. The molecule has 1 aliphatic carbocycles. The third-order valence-electron chi connectivity index (χ3n) is 4.14. The Morgan fingerprint density at radius 1 is 1.05 bits per heavy atom. The topological polar surface area (TPSA) is 66.5 Å². The number of carbonyl (C=O) groups is 3. The number of rotatable bonds is 1. The number of anilines is 1. The highest BCUT2D eigenvalue weighted by Crippen LogP contribution is 2.45. The molecule has 0 atom stereocenters. The van der Waals surface area contributed by atoms with Gasteiger partial charge in [-0.05, 0) is 49.9 Å². The van der Waals surface area contributed by atoms with Crippen molar-refractivity contribution in [1.29, 1.82) is 0 Å². The van der Waals surface area contributed by atoms with Crippen molar-refractivity contribution in [2.45, 2.75) is 33.1 Å². The number of benzene rings is 1. The molecule has 1 aromatic carbocycles. The first-order valence-electron chi connectivity index (χ1n) is 6.72. The fourth-order valence-corrected chi connectivity index (χ4v) is 2.96. The Bertz CT molecular complexity index is 612. The number of urea groups is 1. The lowest BCUT2D eigenvalue weighted by molar-refractivity contribution is -0.148. The zero-order valence-electron chi connectivity index (χ0n) is 11.5. The maximum absolute atomic E-state index is 12.6. The minimum absolute atomic E-state index is 0.387. The Morgan fingerprint density at radius 3 is 2.15 bits per heavy atom. The van der Waals surface area contributed by atoms with Crippen LogP contribution >= 0.6 is 0 Å². The summed E-state index contributed by atoms with van der Waals surface area (Å²) >= 11 is 0. The van der Waals surface area contributed by atoms with Crippen LogP contribution in [0.3, 0.4) is 0 Å². The van der Waals surface area contributed by atoms with E-state index >= 15 is 0 Å². The smallest absolute Gasteiger partial charge is 0.276 e. The van der Waals surface area contributed by atoms with Gasteiger partial charge in [0.05, 0.1) is 5.69 Å².